The van der Waals surface area contributed by atoms with Crippen molar-refractivity contribution in [3.63, 3.8) is 0 Å². The normalized spacial score (nSPS) is 11.7. The number of rotatable bonds is 5. The van der Waals surface area contributed by atoms with Gasteiger partial charge in [-0.2, -0.15) is 10.1 Å². The predicted octanol–water partition coefficient (Wildman–Crippen LogP) is 2.52. The van der Waals surface area contributed by atoms with Crippen LogP contribution in [-0.2, 0) is 13.5 Å². The van der Waals surface area contributed by atoms with Gasteiger partial charge in [0.25, 0.3) is 0 Å². The van der Waals surface area contributed by atoms with E-state index in [-0.39, 0.29) is 5.92 Å². The number of fused-ring (bicyclic) bond motifs is 1. The van der Waals surface area contributed by atoms with Gasteiger partial charge in [-0.15, -0.1) is 0 Å². The summed E-state index contributed by atoms with van der Waals surface area (Å²) >= 11 is 1.67. The van der Waals surface area contributed by atoms with Crippen molar-refractivity contribution in [3.05, 3.63) is 17.4 Å². The first-order valence-corrected chi connectivity index (χ1v) is 8.11. The minimum atomic E-state index is 0.263. The summed E-state index contributed by atoms with van der Waals surface area (Å²) in [5.74, 6) is 1.70. The van der Waals surface area contributed by atoms with Crippen molar-refractivity contribution in [1.82, 2.24) is 24.9 Å². The minimum absolute atomic E-state index is 0.263. The highest BCUT2D eigenvalue weighted by molar-refractivity contribution is 7.22. The van der Waals surface area contributed by atoms with Gasteiger partial charge in [-0.1, -0.05) is 30.3 Å². The average molecular weight is 320 g/mol. The summed E-state index contributed by atoms with van der Waals surface area (Å²) in [7, 11) is 3.95. The molecule has 3 aromatic rings. The van der Waals surface area contributed by atoms with E-state index in [1.165, 1.54) is 0 Å². The molecule has 0 atom stereocenters. The van der Waals surface area contributed by atoms with Gasteiger partial charge in [0.15, 0.2) is 16.6 Å². The molecule has 118 valence electrons. The molecule has 8 heteroatoms. The van der Waals surface area contributed by atoms with Gasteiger partial charge in [-0.3, -0.25) is 0 Å². The van der Waals surface area contributed by atoms with E-state index in [0.29, 0.717) is 5.89 Å². The molecule has 0 saturated carbocycles. The second kappa shape index (κ2) is 5.68. The van der Waals surface area contributed by atoms with Crippen molar-refractivity contribution in [2.24, 2.45) is 7.05 Å². The van der Waals surface area contributed by atoms with E-state index in [9.17, 15) is 0 Å². The maximum atomic E-state index is 5.23. The topological polar surface area (TPSA) is 72.9 Å². The molecule has 0 aliphatic carbocycles. The van der Waals surface area contributed by atoms with Crippen molar-refractivity contribution >= 4 is 26.8 Å². The Bertz CT molecular complexity index is 752. The molecule has 22 heavy (non-hydrogen) atoms. The number of hydrogen-bond acceptors (Lipinski definition) is 7. The van der Waals surface area contributed by atoms with Crippen LogP contribution >= 0.6 is 11.3 Å². The van der Waals surface area contributed by atoms with E-state index in [1.54, 1.807) is 11.3 Å². The molecule has 0 aliphatic heterocycles. The van der Waals surface area contributed by atoms with Gasteiger partial charge in [0.1, 0.15) is 0 Å². The number of aromatic nitrogens is 5. The van der Waals surface area contributed by atoms with Crippen molar-refractivity contribution in [2.75, 3.05) is 18.5 Å². The molecule has 3 aromatic heterocycles. The standard InChI is InChI=1S/C14H20N6OS/c1-8(2)13-15-10(18-21-13)6-7-19(4)14-16-12-11(22-14)9(3)17-20(12)5/h8H,6-7H2,1-5H3. The Labute approximate surface area is 133 Å². The zero-order valence-corrected chi connectivity index (χ0v) is 14.3. The van der Waals surface area contributed by atoms with Gasteiger partial charge in [0, 0.05) is 33.0 Å². The molecule has 3 heterocycles. The van der Waals surface area contributed by atoms with Gasteiger partial charge in [-0.05, 0) is 6.92 Å². The Hall–Kier alpha value is -1.96. The summed E-state index contributed by atoms with van der Waals surface area (Å²) in [6.07, 6.45) is 0.736. The molecule has 3 rings (SSSR count). The lowest BCUT2D eigenvalue weighted by molar-refractivity contribution is 0.360. The lowest BCUT2D eigenvalue weighted by Gasteiger charge is -2.13. The van der Waals surface area contributed by atoms with Gasteiger partial charge >= 0.3 is 0 Å². The van der Waals surface area contributed by atoms with Crippen LogP contribution in [0.3, 0.4) is 0 Å². The highest BCUT2D eigenvalue weighted by Gasteiger charge is 2.15. The molecule has 7 nitrogen and oxygen atoms in total. The average Bonchev–Trinajstić information content (AvgIpc) is 3.15. The molecule has 0 fully saturated rings. The van der Waals surface area contributed by atoms with Crippen LogP contribution < -0.4 is 4.90 Å². The molecule has 0 amide bonds. The van der Waals surface area contributed by atoms with Gasteiger partial charge in [0.2, 0.25) is 5.89 Å². The highest BCUT2D eigenvalue weighted by atomic mass is 32.1. The number of nitrogens with zero attached hydrogens (tertiary/aromatic N) is 6. The second-order valence-electron chi connectivity index (χ2n) is 5.73. The van der Waals surface area contributed by atoms with Crippen LogP contribution in [0.15, 0.2) is 4.52 Å². The third-order valence-electron chi connectivity index (χ3n) is 3.51. The predicted molar refractivity (Wildman–Crippen MR) is 86.5 cm³/mol. The molecular weight excluding hydrogens is 300 g/mol. The summed E-state index contributed by atoms with van der Waals surface area (Å²) in [4.78, 5) is 11.2. The molecule has 0 unspecified atom stereocenters. The van der Waals surface area contributed by atoms with Crippen LogP contribution in [0.2, 0.25) is 0 Å². The summed E-state index contributed by atoms with van der Waals surface area (Å²) in [5, 5.41) is 9.38. The molecule has 0 aliphatic rings. The maximum absolute atomic E-state index is 5.23. The molecule has 0 aromatic carbocycles. The molecule has 0 N–H and O–H groups in total. The first-order valence-electron chi connectivity index (χ1n) is 7.29. The number of aryl methyl sites for hydroxylation is 2. The van der Waals surface area contributed by atoms with Crippen LogP contribution in [0, 0.1) is 6.92 Å². The summed E-state index contributed by atoms with van der Waals surface area (Å²) in [6, 6.07) is 0. The van der Waals surface area contributed by atoms with E-state index >= 15 is 0 Å². The van der Waals surface area contributed by atoms with Crippen LogP contribution in [0.25, 0.3) is 10.3 Å². The summed E-state index contributed by atoms with van der Waals surface area (Å²) in [5.41, 5.74) is 1.96. The Kier molecular flexibility index (Phi) is 3.86. The van der Waals surface area contributed by atoms with Gasteiger partial charge in [0.05, 0.1) is 10.4 Å². The summed E-state index contributed by atoms with van der Waals surface area (Å²) in [6.45, 7) is 6.89. The SMILES string of the molecule is Cc1nn(C)c2nc(N(C)CCc3noc(C(C)C)n3)sc12. The molecule has 0 bridgehead atoms. The first kappa shape index (κ1) is 15.0. The zero-order chi connectivity index (χ0) is 15.9. The lowest BCUT2D eigenvalue weighted by atomic mass is 10.2. The monoisotopic (exact) mass is 320 g/mol. The van der Waals surface area contributed by atoms with E-state index in [0.717, 1.165) is 40.0 Å². The fraction of sp³-hybridized carbons (Fsp3) is 0.571. The van der Waals surface area contributed by atoms with Crippen LogP contribution in [0.1, 0.15) is 37.2 Å². The third kappa shape index (κ3) is 2.70. The fourth-order valence-corrected chi connectivity index (χ4v) is 3.22. The first-order chi connectivity index (χ1) is 10.5. The Morgan fingerprint density at radius 2 is 2.09 bits per heavy atom. The van der Waals surface area contributed by atoms with Crippen molar-refractivity contribution in [3.8, 4) is 0 Å². The lowest BCUT2D eigenvalue weighted by Crippen LogP contribution is -2.20. The largest absolute Gasteiger partial charge is 0.351 e. The fourth-order valence-electron chi connectivity index (χ4n) is 2.20. The number of anilines is 1. The number of hydrogen-bond donors (Lipinski definition) is 0. The number of likely N-dealkylation sites (N-methyl/N-ethyl adjacent to an activating group) is 1. The smallest absolute Gasteiger partial charge is 0.229 e. The van der Waals surface area contributed by atoms with E-state index in [1.807, 2.05) is 39.5 Å². The highest BCUT2D eigenvalue weighted by Crippen LogP contribution is 2.30. The second-order valence-corrected chi connectivity index (χ2v) is 6.71. The Balaban J connectivity index is 1.69. The van der Waals surface area contributed by atoms with E-state index < -0.39 is 0 Å². The van der Waals surface area contributed by atoms with Crippen molar-refractivity contribution in [1.29, 1.82) is 0 Å². The quantitative estimate of drug-likeness (QED) is 0.719. The van der Waals surface area contributed by atoms with Crippen LogP contribution in [0.5, 0.6) is 0 Å². The Morgan fingerprint density at radius 1 is 1.32 bits per heavy atom. The molecule has 0 radical (unpaired) electrons. The van der Waals surface area contributed by atoms with E-state index in [4.69, 9.17) is 4.52 Å². The van der Waals surface area contributed by atoms with Crippen LogP contribution in [0.4, 0.5) is 5.13 Å². The third-order valence-corrected chi connectivity index (χ3v) is 4.78. The minimum Gasteiger partial charge on any atom is -0.351 e. The van der Waals surface area contributed by atoms with Crippen molar-refractivity contribution in [2.45, 2.75) is 33.1 Å². The maximum Gasteiger partial charge on any atom is 0.229 e. The molecule has 0 spiro atoms. The summed E-state index contributed by atoms with van der Waals surface area (Å²) < 4.78 is 8.20. The molecule has 0 saturated heterocycles. The van der Waals surface area contributed by atoms with Crippen LogP contribution in [-0.4, -0.2) is 38.5 Å². The Morgan fingerprint density at radius 3 is 2.73 bits per heavy atom. The van der Waals surface area contributed by atoms with Gasteiger partial charge < -0.3 is 9.42 Å². The molecular formula is C14H20N6OS. The van der Waals surface area contributed by atoms with Crippen molar-refractivity contribution < 1.29 is 4.52 Å². The van der Waals surface area contributed by atoms with E-state index in [2.05, 4.69) is 25.1 Å². The zero-order valence-electron chi connectivity index (χ0n) is 13.5. The van der Waals surface area contributed by atoms with Gasteiger partial charge in [-0.25, -0.2) is 9.67 Å². The number of thiazole rings is 1.